The van der Waals surface area contributed by atoms with Crippen LogP contribution in [0.3, 0.4) is 0 Å². The highest BCUT2D eigenvalue weighted by Gasteiger charge is 2.13. The van der Waals surface area contributed by atoms with Crippen molar-refractivity contribution in [2.45, 2.75) is 46.3 Å². The van der Waals surface area contributed by atoms with Crippen LogP contribution in [0.2, 0.25) is 19.6 Å². The molecule has 0 radical (unpaired) electrons. The topological polar surface area (TPSA) is 74.6 Å². The van der Waals surface area contributed by atoms with Gasteiger partial charge in [-0.2, -0.15) is 0 Å². The fourth-order valence-corrected chi connectivity index (χ4v) is 7.72. The molecule has 0 heterocycles. The molecule has 0 saturated heterocycles. The van der Waals surface area contributed by atoms with Crippen molar-refractivity contribution in [2.24, 2.45) is 0 Å². The first-order valence-electron chi connectivity index (χ1n) is 21.4. The van der Waals surface area contributed by atoms with Crippen molar-refractivity contribution < 1.29 is 19.6 Å². The number of benzene rings is 7. The van der Waals surface area contributed by atoms with Crippen molar-refractivity contribution in [3.05, 3.63) is 245 Å². The lowest BCUT2D eigenvalue weighted by Gasteiger charge is -2.16. The summed E-state index contributed by atoms with van der Waals surface area (Å²) in [6, 6.07) is 65.9. The lowest BCUT2D eigenvalue weighted by Crippen LogP contribution is -2.29. The molecule has 0 saturated carbocycles. The van der Waals surface area contributed by atoms with Crippen LogP contribution in [0.4, 0.5) is 0 Å². The molecule has 4 nitrogen and oxygen atoms in total. The van der Waals surface area contributed by atoms with Gasteiger partial charge in [0.25, 0.3) is 0 Å². The number of hydrogen-bond donors (Lipinski definition) is 2. The fourth-order valence-electron chi connectivity index (χ4n) is 6.42. The molecule has 2 N–H and O–H groups in total. The van der Waals surface area contributed by atoms with E-state index in [0.29, 0.717) is 22.9 Å². The van der Waals surface area contributed by atoms with Crippen LogP contribution in [0, 0.1) is 11.5 Å². The van der Waals surface area contributed by atoms with E-state index in [1.165, 1.54) is 67.7 Å². The molecule has 7 rings (SSSR count). The van der Waals surface area contributed by atoms with E-state index in [1.54, 1.807) is 0 Å². The summed E-state index contributed by atoms with van der Waals surface area (Å²) in [5, 5.41) is 17.3. The minimum atomic E-state index is -1.46. The molecule has 0 fully saturated rings. The summed E-state index contributed by atoms with van der Waals surface area (Å²) >= 11 is 3.73. The molecule has 7 heteroatoms. The number of carbonyl (C=O) groups excluding carboxylic acids is 2. The van der Waals surface area contributed by atoms with Crippen LogP contribution in [0.25, 0.3) is 21.2 Å². The molecule has 0 aliphatic rings. The van der Waals surface area contributed by atoms with Crippen LogP contribution in [-0.2, 0) is 0 Å². The number of hydrogen-bond acceptors (Lipinski definition) is 4. The Labute approximate surface area is 390 Å². The van der Waals surface area contributed by atoms with Crippen LogP contribution in [0.15, 0.2) is 200 Å². The molecule has 0 aliphatic carbocycles. The van der Waals surface area contributed by atoms with Crippen molar-refractivity contribution in [1.82, 2.24) is 0 Å². The SMILES string of the molecule is CC/C(=C(/Br)c1ccccc1)c1ccccc1.CC/C(=C(\c1ccccc1)c1ccc(C=O)cc1)c1ccccc1.C[Si](C)(C)C#Cc1ccccc1.O=Cc1ccc(B(O)O)cc1. The van der Waals surface area contributed by atoms with E-state index < -0.39 is 15.2 Å². The summed E-state index contributed by atoms with van der Waals surface area (Å²) in [4.78, 5) is 21.1. The second-order valence-electron chi connectivity index (χ2n) is 15.6. The molecule has 0 atom stereocenters. The summed E-state index contributed by atoms with van der Waals surface area (Å²) in [5.41, 5.74) is 16.0. The first-order chi connectivity index (χ1) is 31.0. The van der Waals surface area contributed by atoms with Gasteiger partial charge in [0.15, 0.2) is 0 Å². The van der Waals surface area contributed by atoms with E-state index in [2.05, 4.69) is 158 Å². The quantitative estimate of drug-likeness (QED) is 0.0620. The monoisotopic (exact) mass is 922 g/mol. The predicted molar refractivity (Wildman–Crippen MR) is 278 cm³/mol. The largest absolute Gasteiger partial charge is 0.488 e. The summed E-state index contributed by atoms with van der Waals surface area (Å²) in [7, 11) is -2.66. The molecule has 0 aliphatic heterocycles. The van der Waals surface area contributed by atoms with Gasteiger partial charge in [-0.05, 0) is 90.9 Å². The Bertz CT molecular complexity index is 2580. The number of aldehydes is 2. The highest BCUT2D eigenvalue weighted by atomic mass is 79.9. The smallest absolute Gasteiger partial charge is 0.423 e. The van der Waals surface area contributed by atoms with E-state index in [0.717, 1.165) is 30.3 Å². The van der Waals surface area contributed by atoms with Crippen molar-refractivity contribution >= 4 is 70.4 Å². The Kier molecular flexibility index (Phi) is 21.1. The number of allylic oxidation sites excluding steroid dienone is 2. The number of halogens is 1. The maximum Gasteiger partial charge on any atom is 0.488 e. The van der Waals surface area contributed by atoms with Crippen LogP contribution in [0.1, 0.15) is 80.8 Å². The van der Waals surface area contributed by atoms with Gasteiger partial charge in [-0.3, -0.25) is 9.59 Å². The van der Waals surface area contributed by atoms with Gasteiger partial charge in [-0.25, -0.2) is 0 Å². The molecule has 0 amide bonds. The average molecular weight is 924 g/mol. The molecular formula is C57H56BBrO4Si. The van der Waals surface area contributed by atoms with Crippen molar-refractivity contribution in [1.29, 1.82) is 0 Å². The average Bonchev–Trinajstić information content (AvgIpc) is 3.34. The minimum absolute atomic E-state index is 0.385. The van der Waals surface area contributed by atoms with Gasteiger partial charge >= 0.3 is 7.12 Å². The van der Waals surface area contributed by atoms with Gasteiger partial charge in [0, 0.05) is 21.2 Å². The standard InChI is InChI=1S/C23H20O.C16H15Br.C11H14Si.C7H7BO3/c1-2-22(19-9-5-3-6-10-19)23(20-11-7-4-8-12-20)21-15-13-18(17-24)14-16-21;1-2-15(13-9-5-3-6-10-13)16(17)14-11-7-4-8-12-14;1-12(2,3)10-9-11-7-5-4-6-8-11;9-5-6-1-3-7(4-2-6)8(10)11/h3-17H,2H2,1H3;3-12H,2H2,1H3;4-8H,1-3H3;1-5,10-11H/b23-22-;16-15-;;. The molecule has 7 aromatic rings. The molecular weight excluding hydrogens is 867 g/mol. The van der Waals surface area contributed by atoms with Crippen molar-refractivity contribution in [3.63, 3.8) is 0 Å². The zero-order valence-corrected chi connectivity index (χ0v) is 39.9. The normalized spacial score (nSPS) is 11.1. The van der Waals surface area contributed by atoms with Crippen LogP contribution < -0.4 is 5.46 Å². The second-order valence-corrected chi connectivity index (χ2v) is 21.1. The maximum absolute atomic E-state index is 11.0. The Balaban J connectivity index is 0.000000197. The molecule has 0 bridgehead atoms. The third-order valence-electron chi connectivity index (χ3n) is 9.67. The van der Waals surface area contributed by atoms with Gasteiger partial charge in [0.1, 0.15) is 20.6 Å². The molecule has 0 aromatic heterocycles. The zero-order chi connectivity index (χ0) is 46.2. The predicted octanol–water partition coefficient (Wildman–Crippen LogP) is 13.3. The highest BCUT2D eigenvalue weighted by molar-refractivity contribution is 9.15. The summed E-state index contributed by atoms with van der Waals surface area (Å²) < 4.78 is 1.19. The van der Waals surface area contributed by atoms with Gasteiger partial charge in [-0.15, -0.1) is 5.54 Å². The third kappa shape index (κ3) is 16.7. The van der Waals surface area contributed by atoms with E-state index in [-0.39, 0.29) is 0 Å². The summed E-state index contributed by atoms with van der Waals surface area (Å²) in [5.74, 6) is 3.20. The molecule has 64 heavy (non-hydrogen) atoms. The fraction of sp³-hybridized carbons (Fsp3) is 0.123. The minimum Gasteiger partial charge on any atom is -0.423 e. The Morgan fingerprint density at radius 3 is 1.25 bits per heavy atom. The highest BCUT2D eigenvalue weighted by Crippen LogP contribution is 2.35. The third-order valence-corrected chi connectivity index (χ3v) is 11.5. The molecule has 7 aromatic carbocycles. The Morgan fingerprint density at radius 2 is 0.859 bits per heavy atom. The molecule has 322 valence electrons. The van der Waals surface area contributed by atoms with Gasteiger partial charge in [0.05, 0.1) is 0 Å². The zero-order valence-electron chi connectivity index (χ0n) is 37.3. The van der Waals surface area contributed by atoms with E-state index >= 15 is 0 Å². The van der Waals surface area contributed by atoms with Crippen LogP contribution in [0.5, 0.6) is 0 Å². The number of rotatable bonds is 10. The maximum atomic E-state index is 11.0. The Morgan fingerprint density at radius 1 is 0.500 bits per heavy atom. The lowest BCUT2D eigenvalue weighted by molar-refractivity contribution is 0.111. The van der Waals surface area contributed by atoms with Crippen LogP contribution in [-0.4, -0.2) is 37.8 Å². The first-order valence-corrected chi connectivity index (χ1v) is 25.7. The molecule has 0 spiro atoms. The van der Waals surface area contributed by atoms with E-state index in [1.807, 2.05) is 78.9 Å². The first kappa shape index (κ1) is 50.2. The van der Waals surface area contributed by atoms with Crippen molar-refractivity contribution in [2.75, 3.05) is 0 Å². The second kappa shape index (κ2) is 26.9. The van der Waals surface area contributed by atoms with Gasteiger partial charge in [0.2, 0.25) is 0 Å². The van der Waals surface area contributed by atoms with Gasteiger partial charge in [-0.1, -0.05) is 227 Å². The van der Waals surface area contributed by atoms with Gasteiger partial charge < -0.3 is 10.0 Å². The van der Waals surface area contributed by atoms with E-state index in [9.17, 15) is 9.59 Å². The van der Waals surface area contributed by atoms with E-state index in [4.69, 9.17) is 10.0 Å². The summed E-state index contributed by atoms with van der Waals surface area (Å²) in [6.45, 7) is 11.1. The van der Waals surface area contributed by atoms with Crippen molar-refractivity contribution in [3.8, 4) is 11.5 Å². The Hall–Kier alpha value is -6.40. The van der Waals surface area contributed by atoms with Crippen LogP contribution >= 0.6 is 15.9 Å². The molecule has 0 unspecified atom stereocenters. The summed E-state index contributed by atoms with van der Waals surface area (Å²) in [6.07, 6.45) is 3.53. The number of carbonyl (C=O) groups is 2. The lowest BCUT2D eigenvalue weighted by atomic mass is 9.80.